The Morgan fingerprint density at radius 2 is 1.55 bits per heavy atom. The topological polar surface area (TPSA) is 62.8 Å². The Balaban J connectivity index is 1.33. The van der Waals surface area contributed by atoms with Crippen molar-refractivity contribution < 1.29 is 4.74 Å². The molecule has 0 aliphatic carbocycles. The van der Waals surface area contributed by atoms with E-state index in [2.05, 4.69) is 26.3 Å². The van der Waals surface area contributed by atoms with Crippen LogP contribution in [0.5, 0.6) is 11.5 Å². The minimum Gasteiger partial charge on any atom is -0.457 e. The van der Waals surface area contributed by atoms with Crippen LogP contribution >= 0.6 is 0 Å². The van der Waals surface area contributed by atoms with E-state index in [1.54, 1.807) is 6.20 Å². The van der Waals surface area contributed by atoms with Crippen molar-refractivity contribution in [2.45, 2.75) is 0 Å². The van der Waals surface area contributed by atoms with Gasteiger partial charge in [-0.25, -0.2) is 4.98 Å². The maximum atomic E-state index is 5.83. The number of ether oxygens (including phenoxy) is 1. The summed E-state index contributed by atoms with van der Waals surface area (Å²) in [6.07, 6.45) is 3.64. The highest BCUT2D eigenvalue weighted by molar-refractivity contribution is 5.86. The van der Waals surface area contributed by atoms with E-state index < -0.39 is 0 Å². The lowest BCUT2D eigenvalue weighted by atomic mass is 10.2. The minimum absolute atomic E-state index is 0.767. The molecule has 2 N–H and O–H groups in total. The third-order valence-corrected chi connectivity index (χ3v) is 4.55. The number of hydrogen-bond donors (Lipinski definition) is 2. The number of fused-ring (bicyclic) bond motifs is 1. The van der Waals surface area contributed by atoms with Crippen LogP contribution in [0.3, 0.4) is 0 Å². The fourth-order valence-corrected chi connectivity index (χ4v) is 3.13. The predicted octanol–water partition coefficient (Wildman–Crippen LogP) is 6.16. The van der Waals surface area contributed by atoms with Crippen LogP contribution in [0.4, 0.5) is 11.5 Å². The van der Waals surface area contributed by atoms with E-state index in [4.69, 9.17) is 4.74 Å². The van der Waals surface area contributed by atoms with Gasteiger partial charge in [-0.2, -0.15) is 0 Å². The molecule has 3 heterocycles. The van der Waals surface area contributed by atoms with Crippen LogP contribution in [-0.4, -0.2) is 15.0 Å². The standard InChI is InChI=1S/C24H18N4O/c1-2-6-19(7-3-1)29-20-11-9-18(10-12-20)27-24-15-22-17(16-26-24)14-23(28-22)21-8-4-5-13-25-21/h1-16,28H,(H,26,27). The Bertz CT molecular complexity index is 1230. The van der Waals surface area contributed by atoms with Crippen LogP contribution in [-0.2, 0) is 0 Å². The average molecular weight is 378 g/mol. The first-order chi connectivity index (χ1) is 14.3. The summed E-state index contributed by atoms with van der Waals surface area (Å²) in [5.74, 6) is 2.37. The number of nitrogens with one attached hydrogen (secondary N) is 2. The Morgan fingerprint density at radius 1 is 0.759 bits per heavy atom. The number of pyridine rings is 2. The zero-order chi connectivity index (χ0) is 19.5. The molecule has 3 aromatic heterocycles. The van der Waals surface area contributed by atoms with Crippen molar-refractivity contribution in [1.29, 1.82) is 0 Å². The molecule has 0 aliphatic rings. The van der Waals surface area contributed by atoms with Gasteiger partial charge in [-0.1, -0.05) is 24.3 Å². The zero-order valence-corrected chi connectivity index (χ0v) is 15.5. The van der Waals surface area contributed by atoms with Crippen LogP contribution in [0.2, 0.25) is 0 Å². The summed E-state index contributed by atoms with van der Waals surface area (Å²) in [5, 5.41) is 4.38. The molecule has 140 valence electrons. The quantitative estimate of drug-likeness (QED) is 0.384. The first-order valence-corrected chi connectivity index (χ1v) is 9.34. The van der Waals surface area contributed by atoms with Crippen molar-refractivity contribution >= 4 is 22.4 Å². The number of anilines is 2. The molecular weight excluding hydrogens is 360 g/mol. The highest BCUT2D eigenvalue weighted by Crippen LogP contribution is 2.26. The number of rotatable bonds is 5. The highest BCUT2D eigenvalue weighted by Gasteiger charge is 2.06. The molecule has 5 heteroatoms. The molecule has 5 nitrogen and oxygen atoms in total. The average Bonchev–Trinajstić information content (AvgIpc) is 3.20. The number of aromatic amines is 1. The first-order valence-electron chi connectivity index (χ1n) is 9.34. The molecule has 0 saturated carbocycles. The third-order valence-electron chi connectivity index (χ3n) is 4.55. The molecule has 0 saturated heterocycles. The molecule has 0 amide bonds. The smallest absolute Gasteiger partial charge is 0.132 e. The fraction of sp³-hybridized carbons (Fsp3) is 0. The van der Waals surface area contributed by atoms with E-state index in [0.29, 0.717) is 0 Å². The van der Waals surface area contributed by atoms with Gasteiger partial charge in [-0.05, 0) is 54.6 Å². The lowest BCUT2D eigenvalue weighted by Crippen LogP contribution is -1.93. The molecular formula is C24H18N4O. The van der Waals surface area contributed by atoms with Gasteiger partial charge >= 0.3 is 0 Å². The molecule has 5 rings (SSSR count). The molecule has 2 aromatic carbocycles. The number of aromatic nitrogens is 3. The van der Waals surface area contributed by atoms with E-state index in [1.165, 1.54) is 0 Å². The second-order valence-electron chi connectivity index (χ2n) is 6.62. The summed E-state index contributed by atoms with van der Waals surface area (Å²) in [6.45, 7) is 0. The predicted molar refractivity (Wildman–Crippen MR) is 116 cm³/mol. The lowest BCUT2D eigenvalue weighted by molar-refractivity contribution is 0.483. The summed E-state index contributed by atoms with van der Waals surface area (Å²) in [4.78, 5) is 12.3. The molecule has 0 radical (unpaired) electrons. The van der Waals surface area contributed by atoms with E-state index in [-0.39, 0.29) is 0 Å². The Hall–Kier alpha value is -4.12. The maximum Gasteiger partial charge on any atom is 0.132 e. The second kappa shape index (κ2) is 7.48. The van der Waals surface area contributed by atoms with E-state index in [9.17, 15) is 0 Å². The largest absolute Gasteiger partial charge is 0.457 e. The summed E-state index contributed by atoms with van der Waals surface area (Å²) < 4.78 is 5.83. The number of hydrogen-bond acceptors (Lipinski definition) is 4. The molecule has 5 aromatic rings. The SMILES string of the molecule is c1ccc(Oc2ccc(Nc3cc4[nH]c(-c5ccccn5)cc4cn3)cc2)cc1. The first kappa shape index (κ1) is 17.0. The Kier molecular flexibility index (Phi) is 4.39. The van der Waals surface area contributed by atoms with Gasteiger partial charge in [-0.3, -0.25) is 4.98 Å². The summed E-state index contributed by atoms with van der Waals surface area (Å²) in [5.41, 5.74) is 3.83. The molecule has 0 atom stereocenters. The molecule has 0 aliphatic heterocycles. The zero-order valence-electron chi connectivity index (χ0n) is 15.5. The summed E-state index contributed by atoms with van der Waals surface area (Å²) >= 11 is 0. The molecule has 0 bridgehead atoms. The molecule has 0 spiro atoms. The summed E-state index contributed by atoms with van der Waals surface area (Å²) in [7, 11) is 0. The van der Waals surface area contributed by atoms with Crippen LogP contribution in [0, 0.1) is 0 Å². The van der Waals surface area contributed by atoms with Crippen molar-refractivity contribution in [3.8, 4) is 22.9 Å². The lowest BCUT2D eigenvalue weighted by Gasteiger charge is -2.08. The van der Waals surface area contributed by atoms with Gasteiger partial charge in [0.15, 0.2) is 0 Å². The number of para-hydroxylation sites is 1. The van der Waals surface area contributed by atoms with Gasteiger partial charge in [0.2, 0.25) is 0 Å². The van der Waals surface area contributed by atoms with Crippen molar-refractivity contribution in [2.75, 3.05) is 5.32 Å². The number of nitrogens with zero attached hydrogens (tertiary/aromatic N) is 2. The second-order valence-corrected chi connectivity index (χ2v) is 6.62. The minimum atomic E-state index is 0.767. The Labute approximate surface area is 168 Å². The van der Waals surface area contributed by atoms with Crippen LogP contribution < -0.4 is 10.1 Å². The fourth-order valence-electron chi connectivity index (χ4n) is 3.13. The van der Waals surface area contributed by atoms with E-state index >= 15 is 0 Å². The van der Waals surface area contributed by atoms with Gasteiger partial charge in [0.25, 0.3) is 0 Å². The number of H-pyrrole nitrogens is 1. The van der Waals surface area contributed by atoms with Crippen molar-refractivity contribution in [3.63, 3.8) is 0 Å². The van der Waals surface area contributed by atoms with Gasteiger partial charge in [-0.15, -0.1) is 0 Å². The van der Waals surface area contributed by atoms with Crippen LogP contribution in [0.25, 0.3) is 22.3 Å². The van der Waals surface area contributed by atoms with Gasteiger partial charge < -0.3 is 15.0 Å². The Morgan fingerprint density at radius 3 is 2.34 bits per heavy atom. The van der Waals surface area contributed by atoms with Crippen LogP contribution in [0.1, 0.15) is 0 Å². The van der Waals surface area contributed by atoms with Crippen molar-refractivity contribution in [2.24, 2.45) is 0 Å². The van der Waals surface area contributed by atoms with Gasteiger partial charge in [0.1, 0.15) is 17.3 Å². The molecule has 0 unspecified atom stereocenters. The van der Waals surface area contributed by atoms with Gasteiger partial charge in [0, 0.05) is 29.5 Å². The van der Waals surface area contributed by atoms with E-state index in [1.807, 2.05) is 85.1 Å². The van der Waals surface area contributed by atoms with Crippen molar-refractivity contribution in [3.05, 3.63) is 97.3 Å². The normalized spacial score (nSPS) is 10.8. The van der Waals surface area contributed by atoms with Crippen molar-refractivity contribution in [1.82, 2.24) is 15.0 Å². The monoisotopic (exact) mass is 378 g/mol. The van der Waals surface area contributed by atoms with E-state index in [0.717, 1.165) is 45.3 Å². The van der Waals surface area contributed by atoms with Gasteiger partial charge in [0.05, 0.1) is 16.9 Å². The van der Waals surface area contributed by atoms with Crippen LogP contribution in [0.15, 0.2) is 97.3 Å². The number of benzene rings is 2. The molecule has 0 fully saturated rings. The molecule has 29 heavy (non-hydrogen) atoms. The highest BCUT2D eigenvalue weighted by atomic mass is 16.5. The summed E-state index contributed by atoms with van der Waals surface area (Å²) in [6, 6.07) is 27.5. The third kappa shape index (κ3) is 3.80. The maximum absolute atomic E-state index is 5.83.